The first-order valence-electron chi connectivity index (χ1n) is 9.47. The second-order valence-corrected chi connectivity index (χ2v) is 8.78. The number of amidine groups is 1. The Labute approximate surface area is 186 Å². The minimum absolute atomic E-state index is 0.162. The van der Waals surface area contributed by atoms with Crippen LogP contribution in [0, 0.1) is 0 Å². The molecule has 3 aromatic rings. The highest BCUT2D eigenvalue weighted by atomic mass is 79.9. The maximum absolute atomic E-state index is 13.1. The standard InChI is InChI=1S/C23H17BrN4OS/c24-17-12-10-16(11-13-17)21-25-19-9-5-4-8-18(19)20-22(29)26-23(27-28(20)21)30-14-15-6-2-1-3-7-15/h1-13,21H,14H2,(H,26,27,29)/t21-/m0/s1. The highest BCUT2D eigenvalue weighted by Crippen LogP contribution is 2.31. The third-order valence-corrected chi connectivity index (χ3v) is 6.37. The molecule has 0 radical (unpaired) electrons. The van der Waals surface area contributed by atoms with Crippen LogP contribution in [0.4, 0.5) is 0 Å². The fourth-order valence-electron chi connectivity index (χ4n) is 3.47. The van der Waals surface area contributed by atoms with Gasteiger partial charge in [0.15, 0.2) is 11.3 Å². The predicted molar refractivity (Wildman–Crippen MR) is 123 cm³/mol. The molecule has 3 aromatic carbocycles. The van der Waals surface area contributed by atoms with Gasteiger partial charge in [0.25, 0.3) is 5.91 Å². The van der Waals surface area contributed by atoms with E-state index < -0.39 is 6.17 Å². The molecule has 0 aliphatic carbocycles. The van der Waals surface area contributed by atoms with Gasteiger partial charge in [0.1, 0.15) is 5.70 Å². The molecule has 0 saturated carbocycles. The van der Waals surface area contributed by atoms with Gasteiger partial charge < -0.3 is 0 Å². The number of hydrogen-bond donors (Lipinski definition) is 1. The number of hydrazone groups is 1. The minimum atomic E-state index is -0.402. The van der Waals surface area contributed by atoms with Crippen molar-refractivity contribution in [2.75, 3.05) is 0 Å². The van der Waals surface area contributed by atoms with E-state index in [0.717, 1.165) is 26.4 Å². The summed E-state index contributed by atoms with van der Waals surface area (Å²) in [6, 6.07) is 25.8. The number of para-hydroxylation sites is 1. The Hall–Kier alpha value is -2.90. The van der Waals surface area contributed by atoms with Gasteiger partial charge in [-0.2, -0.15) is 0 Å². The lowest BCUT2D eigenvalue weighted by Gasteiger charge is -2.34. The predicted octanol–water partition coefficient (Wildman–Crippen LogP) is 3.53. The topological polar surface area (TPSA) is 57.1 Å². The molecule has 2 aliphatic rings. The number of halogens is 1. The van der Waals surface area contributed by atoms with Gasteiger partial charge in [-0.05, 0) is 29.3 Å². The summed E-state index contributed by atoms with van der Waals surface area (Å²) < 4.78 is 0.991. The number of amides is 1. The van der Waals surface area contributed by atoms with E-state index in [1.807, 2.05) is 66.7 Å². The first-order chi connectivity index (χ1) is 14.7. The van der Waals surface area contributed by atoms with Crippen molar-refractivity contribution in [3.05, 3.63) is 105 Å². The van der Waals surface area contributed by atoms with E-state index in [1.165, 1.54) is 17.3 Å². The lowest BCUT2D eigenvalue weighted by Crippen LogP contribution is -2.50. The number of fused-ring (bicyclic) bond motifs is 2. The maximum atomic E-state index is 13.1. The molecular weight excluding hydrogens is 460 g/mol. The summed E-state index contributed by atoms with van der Waals surface area (Å²) >= 11 is 4.99. The lowest BCUT2D eigenvalue weighted by atomic mass is 10.1. The molecule has 0 saturated heterocycles. The van der Waals surface area contributed by atoms with Gasteiger partial charge >= 0.3 is 0 Å². The largest absolute Gasteiger partial charge is 0.298 e. The van der Waals surface area contributed by atoms with Crippen LogP contribution in [0.1, 0.15) is 17.3 Å². The minimum Gasteiger partial charge on any atom is -0.298 e. The van der Waals surface area contributed by atoms with Crippen LogP contribution in [0.3, 0.4) is 0 Å². The van der Waals surface area contributed by atoms with E-state index in [4.69, 9.17) is 10.1 Å². The number of nitrogens with zero attached hydrogens (tertiary/aromatic N) is 3. The van der Waals surface area contributed by atoms with E-state index >= 15 is 0 Å². The fourth-order valence-corrected chi connectivity index (χ4v) is 4.54. The zero-order chi connectivity index (χ0) is 20.5. The first-order valence-corrected chi connectivity index (χ1v) is 11.3. The van der Waals surface area contributed by atoms with Crippen molar-refractivity contribution < 1.29 is 4.79 Å². The Balaban J connectivity index is 1.57. The van der Waals surface area contributed by atoms with Crippen LogP contribution >= 0.6 is 27.7 Å². The lowest BCUT2D eigenvalue weighted by molar-refractivity contribution is -0.116. The van der Waals surface area contributed by atoms with Gasteiger partial charge in [-0.1, -0.05) is 88.4 Å². The van der Waals surface area contributed by atoms with Crippen molar-refractivity contribution in [1.29, 1.82) is 0 Å². The Bertz CT molecular complexity index is 1260. The number of carbonyl (C=O) groups excluding carboxylic acids is 1. The van der Waals surface area contributed by atoms with E-state index in [-0.39, 0.29) is 5.91 Å². The number of nitrogens with one attached hydrogen (secondary N) is 1. The molecule has 2 heterocycles. The van der Waals surface area contributed by atoms with Gasteiger partial charge in [0, 0.05) is 15.4 Å². The molecule has 1 N–H and O–H groups in total. The molecule has 30 heavy (non-hydrogen) atoms. The number of carbonyl (C=O) groups is 1. The van der Waals surface area contributed by atoms with Crippen LogP contribution < -0.4 is 15.9 Å². The fraction of sp³-hybridized carbons (Fsp3) is 0.0870. The summed E-state index contributed by atoms with van der Waals surface area (Å²) in [7, 11) is 0. The van der Waals surface area contributed by atoms with Crippen LogP contribution in [-0.2, 0) is 10.5 Å². The summed E-state index contributed by atoms with van der Waals surface area (Å²) in [4.78, 5) is 18.0. The summed E-state index contributed by atoms with van der Waals surface area (Å²) in [5.41, 5.74) is 2.67. The van der Waals surface area contributed by atoms with Crippen molar-refractivity contribution in [3.63, 3.8) is 0 Å². The first kappa shape index (κ1) is 19.1. The maximum Gasteiger partial charge on any atom is 0.276 e. The van der Waals surface area contributed by atoms with Crippen LogP contribution in [0.5, 0.6) is 0 Å². The molecular formula is C23H17BrN4OS. The summed E-state index contributed by atoms with van der Waals surface area (Å²) in [5, 5.41) is 11.6. The normalized spacial score (nSPS) is 17.4. The van der Waals surface area contributed by atoms with Gasteiger partial charge in [-0.15, -0.1) is 5.10 Å². The number of hydrogen-bond acceptors (Lipinski definition) is 5. The molecule has 0 spiro atoms. The molecule has 1 amide bonds. The molecule has 7 heteroatoms. The van der Waals surface area contributed by atoms with Gasteiger partial charge in [-0.25, -0.2) is 5.01 Å². The van der Waals surface area contributed by atoms with Crippen LogP contribution in [0.2, 0.25) is 0 Å². The summed E-state index contributed by atoms with van der Waals surface area (Å²) in [6.07, 6.45) is -0.402. The highest BCUT2D eigenvalue weighted by Gasteiger charge is 2.34. The van der Waals surface area contributed by atoms with Gasteiger partial charge in [0.2, 0.25) is 0 Å². The monoisotopic (exact) mass is 476 g/mol. The average Bonchev–Trinajstić information content (AvgIpc) is 2.78. The van der Waals surface area contributed by atoms with Crippen molar-refractivity contribution >= 4 is 44.5 Å². The van der Waals surface area contributed by atoms with Crippen LogP contribution in [0.25, 0.3) is 5.70 Å². The van der Waals surface area contributed by atoms with Crippen LogP contribution in [0.15, 0.2) is 93.4 Å². The van der Waals surface area contributed by atoms with Crippen LogP contribution in [-0.4, -0.2) is 16.1 Å². The van der Waals surface area contributed by atoms with E-state index in [1.54, 1.807) is 5.01 Å². The molecule has 5 rings (SSSR count). The summed E-state index contributed by atoms with van der Waals surface area (Å²) in [5.74, 6) is 0.560. The number of rotatable bonds is 3. The number of benzene rings is 3. The molecule has 0 unspecified atom stereocenters. The Kier molecular flexibility index (Phi) is 5.14. The quantitative estimate of drug-likeness (QED) is 0.628. The third-order valence-electron chi connectivity index (χ3n) is 4.90. The van der Waals surface area contributed by atoms with E-state index in [9.17, 15) is 4.79 Å². The van der Waals surface area contributed by atoms with Gasteiger partial charge in [-0.3, -0.25) is 15.1 Å². The zero-order valence-corrected chi connectivity index (χ0v) is 18.2. The Morgan fingerprint density at radius 2 is 1.70 bits per heavy atom. The van der Waals surface area contributed by atoms with Crippen molar-refractivity contribution in [3.8, 4) is 0 Å². The van der Waals surface area contributed by atoms with Crippen molar-refractivity contribution in [2.24, 2.45) is 10.1 Å². The molecule has 0 bridgehead atoms. The Morgan fingerprint density at radius 3 is 2.50 bits per heavy atom. The zero-order valence-electron chi connectivity index (χ0n) is 15.8. The second kappa shape index (κ2) is 8.08. The van der Waals surface area contributed by atoms with Crippen molar-refractivity contribution in [1.82, 2.24) is 10.3 Å². The highest BCUT2D eigenvalue weighted by molar-refractivity contribution is 9.10. The smallest absolute Gasteiger partial charge is 0.276 e. The third kappa shape index (κ3) is 3.66. The number of thioether (sulfide) groups is 1. The van der Waals surface area contributed by atoms with Crippen molar-refractivity contribution in [2.45, 2.75) is 11.9 Å². The Morgan fingerprint density at radius 1 is 0.967 bits per heavy atom. The SMILES string of the molecule is O=C1NC(SCc2ccccc2)=NN2C1=c1ccccc1=N[C@@H]2c1ccc(Br)cc1. The summed E-state index contributed by atoms with van der Waals surface area (Å²) in [6.45, 7) is 0. The molecule has 2 aliphatic heterocycles. The van der Waals surface area contributed by atoms with Gasteiger partial charge in [0.05, 0.1) is 5.36 Å². The molecule has 0 fully saturated rings. The van der Waals surface area contributed by atoms with E-state index in [0.29, 0.717) is 10.9 Å². The van der Waals surface area contributed by atoms with E-state index in [2.05, 4.69) is 33.4 Å². The molecule has 148 valence electrons. The molecule has 5 nitrogen and oxygen atoms in total. The molecule has 0 aromatic heterocycles. The second-order valence-electron chi connectivity index (χ2n) is 6.90. The molecule has 1 atom stereocenters. The average molecular weight is 477 g/mol.